The highest BCUT2D eigenvalue weighted by atomic mass is 79.9. The van der Waals surface area contributed by atoms with Crippen molar-refractivity contribution in [3.05, 3.63) is 22.2 Å². The number of amides is 1. The molecule has 1 aromatic carbocycles. The van der Waals surface area contributed by atoms with Crippen molar-refractivity contribution < 1.29 is 28.5 Å². The number of morpholine rings is 1. The predicted octanol–water partition coefficient (Wildman–Crippen LogP) is 1.87. The van der Waals surface area contributed by atoms with Gasteiger partial charge >= 0.3 is 5.97 Å². The Morgan fingerprint density at radius 3 is 2.62 bits per heavy atom. The summed E-state index contributed by atoms with van der Waals surface area (Å²) in [5, 5.41) is 0. The van der Waals surface area contributed by atoms with Crippen LogP contribution in [0.1, 0.15) is 17.3 Å². The summed E-state index contributed by atoms with van der Waals surface area (Å²) in [7, 11) is 1.49. The maximum Gasteiger partial charge on any atom is 0.338 e. The predicted molar refractivity (Wildman–Crippen MR) is 89.5 cm³/mol. The highest BCUT2D eigenvalue weighted by Crippen LogP contribution is 2.36. The van der Waals surface area contributed by atoms with Crippen LogP contribution >= 0.6 is 15.9 Å². The minimum Gasteiger partial charge on any atom is -0.493 e. The van der Waals surface area contributed by atoms with E-state index in [1.54, 1.807) is 11.0 Å². The van der Waals surface area contributed by atoms with E-state index in [1.807, 2.05) is 6.92 Å². The average molecular weight is 402 g/mol. The molecule has 1 aliphatic heterocycles. The second kappa shape index (κ2) is 8.89. The molecule has 0 aliphatic carbocycles. The molecule has 0 unspecified atom stereocenters. The Bertz CT molecular complexity index is 600. The molecule has 0 saturated carbocycles. The van der Waals surface area contributed by atoms with Crippen LogP contribution in [0.5, 0.6) is 11.5 Å². The van der Waals surface area contributed by atoms with Gasteiger partial charge < -0.3 is 23.8 Å². The minimum atomic E-state index is -0.598. The first kappa shape index (κ1) is 18.5. The van der Waals surface area contributed by atoms with E-state index in [2.05, 4.69) is 15.9 Å². The van der Waals surface area contributed by atoms with Crippen LogP contribution in [0.25, 0.3) is 0 Å². The molecule has 1 aliphatic rings. The fraction of sp³-hybridized carbons (Fsp3) is 0.500. The Balaban J connectivity index is 2.01. The maximum absolute atomic E-state index is 12.2. The first-order chi connectivity index (χ1) is 11.6. The van der Waals surface area contributed by atoms with Gasteiger partial charge in [-0.3, -0.25) is 4.79 Å². The van der Waals surface area contributed by atoms with Crippen LogP contribution in [0.2, 0.25) is 0 Å². The Kier molecular flexibility index (Phi) is 6.86. The van der Waals surface area contributed by atoms with Gasteiger partial charge in [-0.05, 0) is 35.0 Å². The van der Waals surface area contributed by atoms with E-state index in [0.717, 1.165) is 0 Å². The van der Waals surface area contributed by atoms with Crippen molar-refractivity contribution in [1.29, 1.82) is 0 Å². The van der Waals surface area contributed by atoms with Crippen molar-refractivity contribution in [2.24, 2.45) is 0 Å². The lowest BCUT2D eigenvalue weighted by Gasteiger charge is -2.26. The van der Waals surface area contributed by atoms with Gasteiger partial charge in [0.25, 0.3) is 5.91 Å². The maximum atomic E-state index is 12.2. The Morgan fingerprint density at radius 2 is 2.00 bits per heavy atom. The van der Waals surface area contributed by atoms with Crippen molar-refractivity contribution in [2.45, 2.75) is 6.92 Å². The summed E-state index contributed by atoms with van der Waals surface area (Å²) in [4.78, 5) is 25.8. The summed E-state index contributed by atoms with van der Waals surface area (Å²) in [6.07, 6.45) is 0. The van der Waals surface area contributed by atoms with E-state index < -0.39 is 5.97 Å². The van der Waals surface area contributed by atoms with Crippen LogP contribution in [0.3, 0.4) is 0 Å². The highest BCUT2D eigenvalue weighted by molar-refractivity contribution is 9.10. The molecular formula is C16H20BrNO6. The first-order valence-corrected chi connectivity index (χ1v) is 8.39. The number of rotatable bonds is 6. The fourth-order valence-corrected chi connectivity index (χ4v) is 2.79. The summed E-state index contributed by atoms with van der Waals surface area (Å²) < 4.78 is 21.6. The van der Waals surface area contributed by atoms with Gasteiger partial charge in [0.15, 0.2) is 18.1 Å². The Morgan fingerprint density at radius 1 is 1.29 bits per heavy atom. The lowest BCUT2D eigenvalue weighted by molar-refractivity contribution is -0.138. The van der Waals surface area contributed by atoms with Crippen LogP contribution in [0.15, 0.2) is 16.6 Å². The number of nitrogens with zero attached hydrogens (tertiary/aromatic N) is 1. The van der Waals surface area contributed by atoms with Gasteiger partial charge in [0.1, 0.15) is 0 Å². The van der Waals surface area contributed by atoms with Crippen molar-refractivity contribution in [2.75, 3.05) is 46.6 Å². The normalized spacial score (nSPS) is 14.2. The Labute approximate surface area is 148 Å². The summed E-state index contributed by atoms with van der Waals surface area (Å²) in [6.45, 7) is 4.05. The van der Waals surface area contributed by atoms with Crippen molar-refractivity contribution >= 4 is 27.8 Å². The van der Waals surface area contributed by atoms with Crippen LogP contribution in [-0.4, -0.2) is 63.4 Å². The van der Waals surface area contributed by atoms with Gasteiger partial charge in [0, 0.05) is 13.1 Å². The standard InChI is InChI=1S/C16H20BrNO6/c1-3-23-15-12(17)8-11(9-13(15)21-2)16(20)24-10-14(19)18-4-6-22-7-5-18/h8-9H,3-7,10H2,1-2H3. The molecule has 0 bridgehead atoms. The van der Waals surface area contributed by atoms with Crippen LogP contribution in [-0.2, 0) is 14.3 Å². The molecule has 8 heteroatoms. The summed E-state index contributed by atoms with van der Waals surface area (Å²) in [5.41, 5.74) is 0.275. The third-order valence-corrected chi connectivity index (χ3v) is 4.03. The highest BCUT2D eigenvalue weighted by Gasteiger charge is 2.20. The van der Waals surface area contributed by atoms with Crippen LogP contribution in [0.4, 0.5) is 0 Å². The SMILES string of the molecule is CCOc1c(Br)cc(C(=O)OCC(=O)N2CCOCC2)cc1OC. The average Bonchev–Trinajstić information content (AvgIpc) is 2.61. The number of halogens is 1. The lowest BCUT2D eigenvalue weighted by atomic mass is 10.2. The second-order valence-corrected chi connectivity index (χ2v) is 5.85. The van der Waals surface area contributed by atoms with Gasteiger partial charge in [-0.15, -0.1) is 0 Å². The molecule has 1 saturated heterocycles. The quantitative estimate of drug-likeness (QED) is 0.677. The number of esters is 1. The van der Waals surface area contributed by atoms with E-state index in [-0.39, 0.29) is 18.1 Å². The molecule has 1 aromatic rings. The molecular weight excluding hydrogens is 382 g/mol. The van der Waals surface area contributed by atoms with Gasteiger partial charge in [0.2, 0.25) is 0 Å². The molecule has 24 heavy (non-hydrogen) atoms. The molecule has 0 atom stereocenters. The molecule has 1 amide bonds. The zero-order chi connectivity index (χ0) is 17.5. The largest absolute Gasteiger partial charge is 0.493 e. The van der Waals surface area contributed by atoms with Crippen molar-refractivity contribution in [1.82, 2.24) is 4.90 Å². The number of methoxy groups -OCH3 is 1. The van der Waals surface area contributed by atoms with Gasteiger partial charge in [0.05, 0.1) is 37.0 Å². The third-order valence-electron chi connectivity index (χ3n) is 3.44. The van der Waals surface area contributed by atoms with E-state index >= 15 is 0 Å². The summed E-state index contributed by atoms with van der Waals surface area (Å²) >= 11 is 3.35. The molecule has 0 aromatic heterocycles. The number of benzene rings is 1. The zero-order valence-electron chi connectivity index (χ0n) is 13.7. The zero-order valence-corrected chi connectivity index (χ0v) is 15.3. The van der Waals surface area contributed by atoms with Gasteiger partial charge in [-0.25, -0.2) is 4.79 Å². The Hall–Kier alpha value is -1.80. The molecule has 0 spiro atoms. The molecule has 0 radical (unpaired) electrons. The van der Waals surface area contributed by atoms with E-state index in [0.29, 0.717) is 48.9 Å². The number of hydrogen-bond acceptors (Lipinski definition) is 6. The van der Waals surface area contributed by atoms with Crippen molar-refractivity contribution in [3.8, 4) is 11.5 Å². The number of hydrogen-bond donors (Lipinski definition) is 0. The van der Waals surface area contributed by atoms with Gasteiger partial charge in [-0.1, -0.05) is 0 Å². The van der Waals surface area contributed by atoms with Crippen molar-refractivity contribution in [3.63, 3.8) is 0 Å². The molecule has 132 valence electrons. The van der Waals surface area contributed by atoms with E-state index in [9.17, 15) is 9.59 Å². The second-order valence-electron chi connectivity index (χ2n) is 4.99. The smallest absolute Gasteiger partial charge is 0.338 e. The lowest BCUT2D eigenvalue weighted by Crippen LogP contribution is -2.42. The number of ether oxygens (including phenoxy) is 4. The topological polar surface area (TPSA) is 74.3 Å². The molecule has 2 rings (SSSR count). The van der Waals surface area contributed by atoms with Gasteiger partial charge in [-0.2, -0.15) is 0 Å². The summed E-state index contributed by atoms with van der Waals surface area (Å²) in [5.74, 6) is 0.0981. The first-order valence-electron chi connectivity index (χ1n) is 7.59. The molecule has 7 nitrogen and oxygen atoms in total. The van der Waals surface area contributed by atoms with Crippen LogP contribution in [0, 0.1) is 0 Å². The molecule has 1 fully saturated rings. The minimum absolute atomic E-state index is 0.233. The third kappa shape index (κ3) is 4.61. The number of carbonyl (C=O) groups is 2. The van der Waals surface area contributed by atoms with E-state index in [1.165, 1.54) is 13.2 Å². The summed E-state index contributed by atoms with van der Waals surface area (Å²) in [6, 6.07) is 3.10. The number of carbonyl (C=O) groups excluding carboxylic acids is 2. The fourth-order valence-electron chi connectivity index (χ4n) is 2.24. The molecule has 1 heterocycles. The van der Waals surface area contributed by atoms with Crippen LogP contribution < -0.4 is 9.47 Å². The van der Waals surface area contributed by atoms with E-state index in [4.69, 9.17) is 18.9 Å². The monoisotopic (exact) mass is 401 g/mol. The molecule has 0 N–H and O–H groups in total.